The van der Waals surface area contributed by atoms with Crippen molar-refractivity contribution in [2.75, 3.05) is 19.8 Å². The second-order valence-electron chi connectivity index (χ2n) is 6.08. The highest BCUT2D eigenvalue weighted by Gasteiger charge is 2.29. The lowest BCUT2D eigenvalue weighted by molar-refractivity contribution is -0.139. The number of likely N-dealkylation sites (tertiary alicyclic amines) is 1. The normalized spacial score (nSPS) is 20.2. The van der Waals surface area contributed by atoms with Gasteiger partial charge in [-0.1, -0.05) is 12.1 Å². The number of amides is 2. The van der Waals surface area contributed by atoms with Crippen molar-refractivity contribution in [2.45, 2.75) is 30.7 Å². The lowest BCUT2D eigenvalue weighted by atomic mass is 9.95. The average molecular weight is 338 g/mol. The summed E-state index contributed by atoms with van der Waals surface area (Å²) in [4.78, 5) is 25.9. The fourth-order valence-electron chi connectivity index (χ4n) is 2.58. The SMILES string of the molecule is C[C@H](NC(=O)[C@H]1CCN(C)C(=O)C1)c1ccc(S(C)(=O)=O)cc1. The first-order valence-corrected chi connectivity index (χ1v) is 9.42. The van der Waals surface area contributed by atoms with E-state index in [1.807, 2.05) is 6.92 Å². The van der Waals surface area contributed by atoms with Crippen LogP contribution in [0.4, 0.5) is 0 Å². The van der Waals surface area contributed by atoms with Gasteiger partial charge in [-0.25, -0.2) is 8.42 Å². The molecule has 0 aliphatic carbocycles. The van der Waals surface area contributed by atoms with Crippen LogP contribution in [0.1, 0.15) is 31.4 Å². The van der Waals surface area contributed by atoms with Crippen LogP contribution in [-0.4, -0.2) is 45.0 Å². The maximum absolute atomic E-state index is 12.3. The Bertz CT molecular complexity index is 697. The standard InChI is InChI=1S/C16H22N2O4S/c1-11(12-4-6-14(7-5-12)23(3,21)22)17-16(20)13-8-9-18(2)15(19)10-13/h4-7,11,13H,8-10H2,1-3H3,(H,17,20)/t11-,13-/m0/s1. The van der Waals surface area contributed by atoms with Crippen molar-refractivity contribution in [2.24, 2.45) is 5.92 Å². The van der Waals surface area contributed by atoms with Crippen molar-refractivity contribution in [1.82, 2.24) is 10.2 Å². The second kappa shape index (κ2) is 6.70. The molecule has 0 spiro atoms. The van der Waals surface area contributed by atoms with Crippen LogP contribution in [0.2, 0.25) is 0 Å². The Morgan fingerprint density at radius 3 is 2.43 bits per heavy atom. The third-order valence-electron chi connectivity index (χ3n) is 4.20. The molecule has 2 amide bonds. The molecule has 0 bridgehead atoms. The fraction of sp³-hybridized carbons (Fsp3) is 0.500. The van der Waals surface area contributed by atoms with Gasteiger partial charge < -0.3 is 10.2 Å². The Kier molecular flexibility index (Phi) is 5.09. The van der Waals surface area contributed by atoms with Crippen LogP contribution < -0.4 is 5.32 Å². The second-order valence-corrected chi connectivity index (χ2v) is 8.09. The molecule has 1 fully saturated rings. The predicted molar refractivity (Wildman–Crippen MR) is 86.5 cm³/mol. The van der Waals surface area contributed by atoms with E-state index in [9.17, 15) is 18.0 Å². The summed E-state index contributed by atoms with van der Waals surface area (Å²) in [6.45, 7) is 2.43. The third-order valence-corrected chi connectivity index (χ3v) is 5.33. The summed E-state index contributed by atoms with van der Waals surface area (Å²) in [6, 6.07) is 6.21. The molecule has 126 valence electrons. The summed E-state index contributed by atoms with van der Waals surface area (Å²) in [5.74, 6) is -0.441. The molecule has 1 aromatic rings. The highest BCUT2D eigenvalue weighted by Crippen LogP contribution is 2.20. The van der Waals surface area contributed by atoms with Crippen LogP contribution in [0.5, 0.6) is 0 Å². The molecular formula is C16H22N2O4S. The van der Waals surface area contributed by atoms with E-state index in [-0.39, 0.29) is 35.1 Å². The van der Waals surface area contributed by atoms with E-state index in [0.29, 0.717) is 13.0 Å². The number of piperidine rings is 1. The Morgan fingerprint density at radius 2 is 1.91 bits per heavy atom. The summed E-state index contributed by atoms with van der Waals surface area (Å²) >= 11 is 0. The number of nitrogens with zero attached hydrogens (tertiary/aromatic N) is 1. The number of sulfone groups is 1. The molecule has 0 unspecified atom stereocenters. The molecule has 6 nitrogen and oxygen atoms in total. The molecule has 0 radical (unpaired) electrons. The molecule has 1 N–H and O–H groups in total. The zero-order valence-corrected chi connectivity index (χ0v) is 14.4. The lowest BCUT2D eigenvalue weighted by Gasteiger charge is -2.28. The van der Waals surface area contributed by atoms with E-state index in [0.717, 1.165) is 11.8 Å². The molecule has 0 saturated carbocycles. The molecule has 2 rings (SSSR count). The molecule has 23 heavy (non-hydrogen) atoms. The van der Waals surface area contributed by atoms with E-state index in [1.165, 1.54) is 12.1 Å². The van der Waals surface area contributed by atoms with Crippen LogP contribution in [0.15, 0.2) is 29.2 Å². The van der Waals surface area contributed by atoms with Crippen LogP contribution in [0.3, 0.4) is 0 Å². The van der Waals surface area contributed by atoms with Crippen molar-refractivity contribution >= 4 is 21.7 Å². The van der Waals surface area contributed by atoms with Crippen molar-refractivity contribution in [3.05, 3.63) is 29.8 Å². The summed E-state index contributed by atoms with van der Waals surface area (Å²) in [7, 11) is -1.49. The zero-order chi connectivity index (χ0) is 17.2. The number of nitrogens with one attached hydrogen (secondary N) is 1. The quantitative estimate of drug-likeness (QED) is 0.892. The maximum Gasteiger partial charge on any atom is 0.224 e. The highest BCUT2D eigenvalue weighted by molar-refractivity contribution is 7.90. The molecule has 1 aromatic carbocycles. The lowest BCUT2D eigenvalue weighted by Crippen LogP contribution is -2.42. The molecule has 1 aliphatic heterocycles. The van der Waals surface area contributed by atoms with Crippen molar-refractivity contribution in [1.29, 1.82) is 0 Å². The molecular weight excluding hydrogens is 316 g/mol. The van der Waals surface area contributed by atoms with Gasteiger partial charge in [0.05, 0.1) is 10.9 Å². The summed E-state index contributed by atoms with van der Waals surface area (Å²) < 4.78 is 22.9. The first-order valence-electron chi connectivity index (χ1n) is 7.53. The fourth-order valence-corrected chi connectivity index (χ4v) is 3.22. The van der Waals surface area contributed by atoms with Gasteiger partial charge in [-0.2, -0.15) is 0 Å². The molecule has 1 heterocycles. The van der Waals surface area contributed by atoms with E-state index < -0.39 is 9.84 Å². The zero-order valence-electron chi connectivity index (χ0n) is 13.6. The highest BCUT2D eigenvalue weighted by atomic mass is 32.2. The first-order chi connectivity index (χ1) is 10.7. The van der Waals surface area contributed by atoms with E-state index >= 15 is 0 Å². The predicted octanol–water partition coefficient (Wildman–Crippen LogP) is 1.14. The summed E-state index contributed by atoms with van der Waals surface area (Å²) in [5.41, 5.74) is 0.824. The Morgan fingerprint density at radius 1 is 1.30 bits per heavy atom. The maximum atomic E-state index is 12.3. The number of rotatable bonds is 4. The summed E-state index contributed by atoms with van der Waals surface area (Å²) in [5, 5.41) is 2.90. The van der Waals surface area contributed by atoms with Gasteiger partial charge in [-0.05, 0) is 31.0 Å². The van der Waals surface area contributed by atoms with Gasteiger partial charge in [-0.3, -0.25) is 9.59 Å². The monoisotopic (exact) mass is 338 g/mol. The minimum Gasteiger partial charge on any atom is -0.349 e. The van der Waals surface area contributed by atoms with Crippen LogP contribution >= 0.6 is 0 Å². The van der Waals surface area contributed by atoms with E-state index in [4.69, 9.17) is 0 Å². The molecule has 7 heteroatoms. The van der Waals surface area contributed by atoms with Crippen LogP contribution in [-0.2, 0) is 19.4 Å². The van der Waals surface area contributed by atoms with Crippen molar-refractivity contribution < 1.29 is 18.0 Å². The van der Waals surface area contributed by atoms with Gasteiger partial charge in [0.25, 0.3) is 0 Å². The van der Waals surface area contributed by atoms with Gasteiger partial charge >= 0.3 is 0 Å². The number of carbonyl (C=O) groups excluding carboxylic acids is 2. The smallest absolute Gasteiger partial charge is 0.224 e. The van der Waals surface area contributed by atoms with Gasteiger partial charge in [0.1, 0.15) is 0 Å². The van der Waals surface area contributed by atoms with Gasteiger partial charge in [0.15, 0.2) is 9.84 Å². The molecule has 2 atom stereocenters. The largest absolute Gasteiger partial charge is 0.349 e. The minimum atomic E-state index is -3.23. The van der Waals surface area contributed by atoms with Gasteiger partial charge in [-0.15, -0.1) is 0 Å². The van der Waals surface area contributed by atoms with E-state index in [1.54, 1.807) is 24.1 Å². The average Bonchev–Trinajstić information content (AvgIpc) is 2.49. The van der Waals surface area contributed by atoms with Crippen LogP contribution in [0.25, 0.3) is 0 Å². The Balaban J connectivity index is 2.00. The minimum absolute atomic E-state index is 0.0124. The topological polar surface area (TPSA) is 83.6 Å². The summed E-state index contributed by atoms with van der Waals surface area (Å²) in [6.07, 6.45) is 2.06. The number of benzene rings is 1. The van der Waals surface area contributed by atoms with Gasteiger partial charge in [0, 0.05) is 32.2 Å². The Hall–Kier alpha value is -1.89. The van der Waals surface area contributed by atoms with Gasteiger partial charge in [0.2, 0.25) is 11.8 Å². The molecule has 0 aromatic heterocycles. The number of hydrogen-bond donors (Lipinski definition) is 1. The van der Waals surface area contributed by atoms with Crippen molar-refractivity contribution in [3.63, 3.8) is 0 Å². The van der Waals surface area contributed by atoms with E-state index in [2.05, 4.69) is 5.32 Å². The number of hydrogen-bond acceptors (Lipinski definition) is 4. The molecule has 1 saturated heterocycles. The van der Waals surface area contributed by atoms with Crippen LogP contribution in [0, 0.1) is 5.92 Å². The number of carbonyl (C=O) groups is 2. The third kappa shape index (κ3) is 4.31. The Labute approximate surface area is 136 Å². The van der Waals surface area contributed by atoms with Crippen molar-refractivity contribution in [3.8, 4) is 0 Å². The first kappa shape index (κ1) is 17.5. The molecule has 1 aliphatic rings.